The van der Waals surface area contributed by atoms with Gasteiger partial charge in [-0.2, -0.15) is 0 Å². The second-order valence-corrected chi connectivity index (χ2v) is 9.98. The normalized spacial score (nSPS) is 13.9. The van der Waals surface area contributed by atoms with E-state index in [1.165, 1.54) is 0 Å². The van der Waals surface area contributed by atoms with Crippen LogP contribution in [0.15, 0.2) is 29.4 Å². The van der Waals surface area contributed by atoms with Crippen molar-refractivity contribution in [1.82, 2.24) is 19.8 Å². The van der Waals surface area contributed by atoms with E-state index in [-0.39, 0.29) is 18.5 Å². The number of aromatic nitrogens is 2. The fourth-order valence-electron chi connectivity index (χ4n) is 3.39. The Morgan fingerprint density at radius 2 is 2.03 bits per heavy atom. The second kappa shape index (κ2) is 10.4. The molecule has 1 heterocycles. The molecule has 1 fully saturated rings. The molecule has 2 amide bonds. The molecule has 0 saturated heterocycles. The third-order valence-corrected chi connectivity index (χ3v) is 5.94. The molecule has 1 aromatic heterocycles. The largest absolute Gasteiger partial charge is 0.459 e. The van der Waals surface area contributed by atoms with Crippen LogP contribution in [0.3, 0.4) is 0 Å². The lowest BCUT2D eigenvalue weighted by Gasteiger charge is -2.22. The zero-order valence-electron chi connectivity index (χ0n) is 19.0. The van der Waals surface area contributed by atoms with E-state index in [1.807, 2.05) is 54.5 Å². The van der Waals surface area contributed by atoms with Crippen LogP contribution in [-0.4, -0.2) is 56.9 Å². The number of imidazole rings is 1. The van der Waals surface area contributed by atoms with Crippen LogP contribution in [0.4, 0.5) is 4.79 Å². The Morgan fingerprint density at radius 3 is 2.71 bits per heavy atom. The molecule has 0 unspecified atom stereocenters. The summed E-state index contributed by atoms with van der Waals surface area (Å²) in [5.41, 5.74) is 1.27. The molecule has 1 aliphatic carbocycles. The number of para-hydroxylation sites is 2. The molecular formula is C23H34N4O3S. The first kappa shape index (κ1) is 23.4. The van der Waals surface area contributed by atoms with Gasteiger partial charge in [-0.25, -0.2) is 9.78 Å². The van der Waals surface area contributed by atoms with Crippen LogP contribution < -0.4 is 5.32 Å². The van der Waals surface area contributed by atoms with Gasteiger partial charge in [0, 0.05) is 24.9 Å². The van der Waals surface area contributed by atoms with Gasteiger partial charge >= 0.3 is 12.0 Å². The van der Waals surface area contributed by atoms with Gasteiger partial charge in [-0.05, 0) is 58.6 Å². The summed E-state index contributed by atoms with van der Waals surface area (Å²) in [7, 11) is 0. The number of urea groups is 1. The SMILES string of the molecule is CCCNC(=O)N(CCCSc1nc2ccccc2n1CC(=O)OC(C)(C)C)C1CC1. The lowest BCUT2D eigenvalue weighted by molar-refractivity contribution is -0.155. The lowest BCUT2D eigenvalue weighted by atomic mass is 10.2. The molecule has 0 aliphatic heterocycles. The third-order valence-electron chi connectivity index (χ3n) is 4.88. The maximum Gasteiger partial charge on any atom is 0.326 e. The first-order valence-corrected chi connectivity index (χ1v) is 12.1. The van der Waals surface area contributed by atoms with E-state index in [0.29, 0.717) is 12.6 Å². The summed E-state index contributed by atoms with van der Waals surface area (Å²) >= 11 is 1.62. The predicted molar refractivity (Wildman–Crippen MR) is 124 cm³/mol. The number of hydrogen-bond donors (Lipinski definition) is 1. The molecule has 1 aliphatic rings. The Bertz CT molecular complexity index is 902. The van der Waals surface area contributed by atoms with Gasteiger partial charge in [0.1, 0.15) is 12.1 Å². The molecular weight excluding hydrogens is 412 g/mol. The van der Waals surface area contributed by atoms with Crippen molar-refractivity contribution >= 4 is 34.8 Å². The molecule has 8 heteroatoms. The highest BCUT2D eigenvalue weighted by atomic mass is 32.2. The predicted octanol–water partition coefficient (Wildman–Crippen LogP) is 4.44. The Kier molecular flexibility index (Phi) is 7.86. The molecule has 3 rings (SSSR count). The minimum Gasteiger partial charge on any atom is -0.459 e. The first-order chi connectivity index (χ1) is 14.8. The number of esters is 1. The molecule has 0 spiro atoms. The molecule has 0 bridgehead atoms. The van der Waals surface area contributed by atoms with Crippen molar-refractivity contribution in [1.29, 1.82) is 0 Å². The van der Waals surface area contributed by atoms with Gasteiger partial charge in [-0.1, -0.05) is 30.8 Å². The number of carbonyl (C=O) groups is 2. The average Bonchev–Trinajstić information content (AvgIpc) is 3.48. The van der Waals surface area contributed by atoms with Crippen LogP contribution in [0.1, 0.15) is 53.4 Å². The highest BCUT2D eigenvalue weighted by molar-refractivity contribution is 7.99. The zero-order valence-corrected chi connectivity index (χ0v) is 19.8. The molecule has 170 valence electrons. The number of nitrogens with one attached hydrogen (secondary N) is 1. The first-order valence-electron chi connectivity index (χ1n) is 11.1. The Hall–Kier alpha value is -2.22. The third kappa shape index (κ3) is 6.89. The molecule has 7 nitrogen and oxygen atoms in total. The Balaban J connectivity index is 1.61. The Labute approximate surface area is 188 Å². The molecule has 1 saturated carbocycles. The molecule has 31 heavy (non-hydrogen) atoms. The molecule has 2 aromatic rings. The summed E-state index contributed by atoms with van der Waals surface area (Å²) in [6, 6.07) is 8.27. The maximum absolute atomic E-state index is 12.5. The van der Waals surface area contributed by atoms with Crippen molar-refractivity contribution in [2.45, 2.75) is 76.7 Å². The van der Waals surface area contributed by atoms with E-state index >= 15 is 0 Å². The zero-order chi connectivity index (χ0) is 22.4. The van der Waals surface area contributed by atoms with Gasteiger partial charge in [-0.3, -0.25) is 4.79 Å². The highest BCUT2D eigenvalue weighted by Gasteiger charge is 2.32. The van der Waals surface area contributed by atoms with Crippen molar-refractivity contribution in [3.8, 4) is 0 Å². The van der Waals surface area contributed by atoms with Crippen LogP contribution in [0.25, 0.3) is 11.0 Å². The van der Waals surface area contributed by atoms with Crippen LogP contribution in [0.2, 0.25) is 0 Å². The topological polar surface area (TPSA) is 76.5 Å². The summed E-state index contributed by atoms with van der Waals surface area (Å²) in [6.07, 6.45) is 4.00. The van der Waals surface area contributed by atoms with Gasteiger partial charge < -0.3 is 19.5 Å². The standard InChI is InChI=1S/C23H34N4O3S/c1-5-13-24-21(29)26(17-11-12-17)14-8-15-31-22-25-18-9-6-7-10-19(18)27(22)16-20(28)30-23(2,3)4/h6-7,9-10,17H,5,8,11-16H2,1-4H3,(H,24,29). The number of thioether (sulfide) groups is 1. The summed E-state index contributed by atoms with van der Waals surface area (Å²) in [4.78, 5) is 31.5. The summed E-state index contributed by atoms with van der Waals surface area (Å²) in [5, 5.41) is 3.80. The fourth-order valence-corrected chi connectivity index (χ4v) is 4.32. The van der Waals surface area contributed by atoms with Gasteiger partial charge in [0.2, 0.25) is 0 Å². The quantitative estimate of drug-likeness (QED) is 0.332. The number of fused-ring (bicyclic) bond motifs is 1. The van der Waals surface area contributed by atoms with Gasteiger partial charge in [0.15, 0.2) is 5.16 Å². The van der Waals surface area contributed by atoms with Crippen molar-refractivity contribution in [2.24, 2.45) is 0 Å². The van der Waals surface area contributed by atoms with Gasteiger partial charge in [0.25, 0.3) is 0 Å². The van der Waals surface area contributed by atoms with E-state index < -0.39 is 5.60 Å². The summed E-state index contributed by atoms with van der Waals surface area (Å²) in [6.45, 7) is 9.25. The van der Waals surface area contributed by atoms with Gasteiger partial charge in [-0.15, -0.1) is 0 Å². The molecule has 0 atom stereocenters. The number of hydrogen-bond acceptors (Lipinski definition) is 5. The number of rotatable bonds is 10. The van der Waals surface area contributed by atoms with Crippen LogP contribution in [-0.2, 0) is 16.1 Å². The maximum atomic E-state index is 12.5. The van der Waals surface area contributed by atoms with Crippen molar-refractivity contribution in [3.63, 3.8) is 0 Å². The van der Waals surface area contributed by atoms with E-state index in [1.54, 1.807) is 11.8 Å². The number of carbonyl (C=O) groups excluding carboxylic acids is 2. The average molecular weight is 447 g/mol. The van der Waals surface area contributed by atoms with Crippen LogP contribution in [0, 0.1) is 0 Å². The molecule has 1 aromatic carbocycles. The van der Waals surface area contributed by atoms with Crippen molar-refractivity contribution < 1.29 is 14.3 Å². The van der Waals surface area contributed by atoms with E-state index in [4.69, 9.17) is 9.72 Å². The fraction of sp³-hybridized carbons (Fsp3) is 0.609. The monoisotopic (exact) mass is 446 g/mol. The van der Waals surface area contributed by atoms with E-state index in [9.17, 15) is 9.59 Å². The van der Waals surface area contributed by atoms with E-state index in [0.717, 1.165) is 54.2 Å². The number of nitrogens with zero attached hydrogens (tertiary/aromatic N) is 3. The molecule has 0 radical (unpaired) electrons. The van der Waals surface area contributed by atoms with E-state index in [2.05, 4.69) is 12.2 Å². The van der Waals surface area contributed by atoms with Crippen LogP contribution >= 0.6 is 11.8 Å². The number of ether oxygens (including phenoxy) is 1. The minimum absolute atomic E-state index is 0.0477. The minimum atomic E-state index is -0.522. The highest BCUT2D eigenvalue weighted by Crippen LogP contribution is 2.28. The lowest BCUT2D eigenvalue weighted by Crippen LogP contribution is -2.42. The second-order valence-electron chi connectivity index (χ2n) is 8.91. The van der Waals surface area contributed by atoms with Crippen molar-refractivity contribution in [2.75, 3.05) is 18.8 Å². The van der Waals surface area contributed by atoms with Gasteiger partial charge in [0.05, 0.1) is 11.0 Å². The van der Waals surface area contributed by atoms with Crippen molar-refractivity contribution in [3.05, 3.63) is 24.3 Å². The summed E-state index contributed by atoms with van der Waals surface area (Å²) < 4.78 is 7.45. The molecule has 1 N–H and O–H groups in total. The smallest absolute Gasteiger partial charge is 0.326 e. The number of amides is 2. The Morgan fingerprint density at radius 1 is 1.29 bits per heavy atom. The summed E-state index contributed by atoms with van der Waals surface area (Å²) in [5.74, 6) is 0.548. The number of benzene rings is 1. The van der Waals surface area contributed by atoms with Crippen LogP contribution in [0.5, 0.6) is 0 Å².